The van der Waals surface area contributed by atoms with Crippen molar-refractivity contribution in [3.05, 3.63) is 35.2 Å². The first-order valence-corrected chi connectivity index (χ1v) is 9.39. The summed E-state index contributed by atoms with van der Waals surface area (Å²) in [7, 11) is 0. The maximum absolute atomic E-state index is 5.80. The SMILES string of the molecule is NNC(Cc1csc2ccccc12)CC1CCSCC1. The Labute approximate surface area is 129 Å². The van der Waals surface area contributed by atoms with Gasteiger partial charge in [0.05, 0.1) is 0 Å². The molecule has 4 heteroatoms. The second-order valence-electron chi connectivity index (χ2n) is 5.62. The largest absolute Gasteiger partial charge is 0.271 e. The van der Waals surface area contributed by atoms with Gasteiger partial charge in [-0.2, -0.15) is 11.8 Å². The topological polar surface area (TPSA) is 38.0 Å². The molecule has 0 aliphatic carbocycles. The first-order valence-electron chi connectivity index (χ1n) is 7.36. The number of nitrogens with one attached hydrogen (secondary N) is 1. The molecule has 0 spiro atoms. The molecule has 1 aromatic heterocycles. The summed E-state index contributed by atoms with van der Waals surface area (Å²) in [6.07, 6.45) is 4.96. The molecule has 1 aliphatic heterocycles. The van der Waals surface area contributed by atoms with Crippen molar-refractivity contribution in [2.24, 2.45) is 11.8 Å². The predicted octanol–water partition coefficient (Wildman–Crippen LogP) is 3.81. The summed E-state index contributed by atoms with van der Waals surface area (Å²) in [6, 6.07) is 9.07. The van der Waals surface area contributed by atoms with E-state index in [1.165, 1.54) is 46.4 Å². The van der Waals surface area contributed by atoms with Crippen LogP contribution in [0.25, 0.3) is 10.1 Å². The molecular weight excluding hydrogens is 284 g/mol. The highest BCUT2D eigenvalue weighted by molar-refractivity contribution is 7.99. The van der Waals surface area contributed by atoms with Gasteiger partial charge in [-0.25, -0.2) is 0 Å². The fraction of sp³-hybridized carbons (Fsp3) is 0.500. The highest BCUT2D eigenvalue weighted by Crippen LogP contribution is 2.30. The lowest BCUT2D eigenvalue weighted by Gasteiger charge is -2.26. The molecule has 108 valence electrons. The van der Waals surface area contributed by atoms with E-state index in [0.717, 1.165) is 12.3 Å². The Kier molecular flexibility index (Phi) is 4.99. The molecule has 0 saturated carbocycles. The number of nitrogens with two attached hydrogens (primary N) is 1. The van der Waals surface area contributed by atoms with Crippen LogP contribution in [0, 0.1) is 5.92 Å². The van der Waals surface area contributed by atoms with E-state index >= 15 is 0 Å². The molecule has 2 nitrogen and oxygen atoms in total. The van der Waals surface area contributed by atoms with Crippen LogP contribution < -0.4 is 11.3 Å². The molecule has 3 rings (SSSR count). The molecule has 0 bridgehead atoms. The van der Waals surface area contributed by atoms with E-state index in [2.05, 4.69) is 46.8 Å². The monoisotopic (exact) mass is 306 g/mol. The first kappa shape index (κ1) is 14.4. The van der Waals surface area contributed by atoms with Crippen molar-refractivity contribution in [2.45, 2.75) is 31.7 Å². The van der Waals surface area contributed by atoms with Crippen LogP contribution >= 0.6 is 23.1 Å². The van der Waals surface area contributed by atoms with Crippen LogP contribution in [0.2, 0.25) is 0 Å². The third-order valence-electron chi connectivity index (χ3n) is 4.22. The van der Waals surface area contributed by atoms with Crippen LogP contribution in [0.1, 0.15) is 24.8 Å². The molecule has 1 aliphatic rings. The van der Waals surface area contributed by atoms with Crippen LogP contribution in [0.5, 0.6) is 0 Å². The second-order valence-corrected chi connectivity index (χ2v) is 7.75. The van der Waals surface area contributed by atoms with Gasteiger partial charge in [0.15, 0.2) is 0 Å². The van der Waals surface area contributed by atoms with Gasteiger partial charge in [0, 0.05) is 10.7 Å². The van der Waals surface area contributed by atoms with Crippen molar-refractivity contribution < 1.29 is 0 Å². The summed E-state index contributed by atoms with van der Waals surface area (Å²) >= 11 is 3.93. The number of thioether (sulfide) groups is 1. The van der Waals surface area contributed by atoms with Crippen molar-refractivity contribution in [3.63, 3.8) is 0 Å². The van der Waals surface area contributed by atoms with E-state index in [-0.39, 0.29) is 0 Å². The van der Waals surface area contributed by atoms with Crippen LogP contribution in [-0.2, 0) is 6.42 Å². The molecule has 1 aromatic carbocycles. The van der Waals surface area contributed by atoms with Crippen molar-refractivity contribution >= 4 is 33.2 Å². The van der Waals surface area contributed by atoms with E-state index in [0.29, 0.717) is 6.04 Å². The van der Waals surface area contributed by atoms with Crippen molar-refractivity contribution in [1.29, 1.82) is 0 Å². The van der Waals surface area contributed by atoms with E-state index in [4.69, 9.17) is 5.84 Å². The molecule has 2 heterocycles. The van der Waals surface area contributed by atoms with Gasteiger partial charge in [0.1, 0.15) is 0 Å². The number of benzene rings is 1. The van der Waals surface area contributed by atoms with Crippen LogP contribution in [-0.4, -0.2) is 17.5 Å². The standard InChI is InChI=1S/C16H22N2S2/c17-18-14(9-12-5-7-19-8-6-12)10-13-11-20-16-4-2-1-3-15(13)16/h1-4,11-12,14,18H,5-10,17H2. The number of fused-ring (bicyclic) bond motifs is 1. The zero-order chi connectivity index (χ0) is 13.8. The molecular formula is C16H22N2S2. The van der Waals surface area contributed by atoms with Crippen LogP contribution in [0.15, 0.2) is 29.6 Å². The van der Waals surface area contributed by atoms with Gasteiger partial charge in [0.25, 0.3) is 0 Å². The molecule has 1 fully saturated rings. The fourth-order valence-corrected chi connectivity index (χ4v) is 5.23. The molecule has 3 N–H and O–H groups in total. The van der Waals surface area contributed by atoms with Gasteiger partial charge in [-0.15, -0.1) is 11.3 Å². The summed E-state index contributed by atoms with van der Waals surface area (Å²) in [4.78, 5) is 0. The molecule has 2 aromatic rings. The smallest absolute Gasteiger partial charge is 0.0345 e. The Morgan fingerprint density at radius 3 is 2.85 bits per heavy atom. The highest BCUT2D eigenvalue weighted by Gasteiger charge is 2.19. The van der Waals surface area contributed by atoms with Crippen molar-refractivity contribution in [2.75, 3.05) is 11.5 Å². The van der Waals surface area contributed by atoms with E-state index < -0.39 is 0 Å². The van der Waals surface area contributed by atoms with E-state index in [1.807, 2.05) is 11.3 Å². The Morgan fingerprint density at radius 2 is 2.05 bits per heavy atom. The second kappa shape index (κ2) is 6.94. The lowest BCUT2D eigenvalue weighted by atomic mass is 9.91. The van der Waals surface area contributed by atoms with Gasteiger partial charge < -0.3 is 0 Å². The quantitative estimate of drug-likeness (QED) is 0.651. The third-order valence-corrected chi connectivity index (χ3v) is 6.28. The fourth-order valence-electron chi connectivity index (χ4n) is 3.05. The Balaban J connectivity index is 1.67. The van der Waals surface area contributed by atoms with Gasteiger partial charge >= 0.3 is 0 Å². The summed E-state index contributed by atoms with van der Waals surface area (Å²) in [6.45, 7) is 0. The number of hydrogen-bond acceptors (Lipinski definition) is 4. The molecule has 1 atom stereocenters. The van der Waals surface area contributed by atoms with Gasteiger partial charge in [-0.05, 0) is 65.5 Å². The Hall–Kier alpha value is -0.550. The number of hydrazine groups is 1. The maximum Gasteiger partial charge on any atom is 0.0345 e. The minimum Gasteiger partial charge on any atom is -0.271 e. The molecule has 1 saturated heterocycles. The van der Waals surface area contributed by atoms with E-state index in [1.54, 1.807) is 0 Å². The minimum absolute atomic E-state index is 0.404. The van der Waals surface area contributed by atoms with Gasteiger partial charge in [0.2, 0.25) is 0 Å². The normalized spacial score (nSPS) is 18.4. The number of hydrogen-bond donors (Lipinski definition) is 2. The number of thiophene rings is 1. The molecule has 1 unspecified atom stereocenters. The average Bonchev–Trinajstić information content (AvgIpc) is 2.91. The zero-order valence-corrected chi connectivity index (χ0v) is 13.3. The molecule has 0 amide bonds. The lowest BCUT2D eigenvalue weighted by Crippen LogP contribution is -2.38. The molecule has 0 radical (unpaired) electrons. The first-order chi connectivity index (χ1) is 9.86. The lowest BCUT2D eigenvalue weighted by molar-refractivity contribution is 0.366. The molecule has 20 heavy (non-hydrogen) atoms. The summed E-state index contributed by atoms with van der Waals surface area (Å²) < 4.78 is 1.38. The highest BCUT2D eigenvalue weighted by atomic mass is 32.2. The zero-order valence-electron chi connectivity index (χ0n) is 11.7. The minimum atomic E-state index is 0.404. The number of rotatable bonds is 5. The van der Waals surface area contributed by atoms with Crippen molar-refractivity contribution in [3.8, 4) is 0 Å². The van der Waals surface area contributed by atoms with Crippen molar-refractivity contribution in [1.82, 2.24) is 5.43 Å². The third kappa shape index (κ3) is 3.37. The predicted molar refractivity (Wildman–Crippen MR) is 91.3 cm³/mol. The van der Waals surface area contributed by atoms with Crippen LogP contribution in [0.4, 0.5) is 0 Å². The Morgan fingerprint density at radius 1 is 1.25 bits per heavy atom. The van der Waals surface area contributed by atoms with Gasteiger partial charge in [-0.1, -0.05) is 18.2 Å². The summed E-state index contributed by atoms with van der Waals surface area (Å²) in [5.41, 5.74) is 4.49. The average molecular weight is 307 g/mol. The van der Waals surface area contributed by atoms with E-state index in [9.17, 15) is 0 Å². The summed E-state index contributed by atoms with van der Waals surface area (Å²) in [5, 5.41) is 3.70. The summed E-state index contributed by atoms with van der Waals surface area (Å²) in [5.74, 6) is 9.29. The van der Waals surface area contributed by atoms with Crippen LogP contribution in [0.3, 0.4) is 0 Å². The van der Waals surface area contributed by atoms with Gasteiger partial charge in [-0.3, -0.25) is 11.3 Å². The Bertz CT molecular complexity index is 546. The maximum atomic E-state index is 5.80.